The first-order chi connectivity index (χ1) is 8.60. The molecule has 2 heterocycles. The summed E-state index contributed by atoms with van der Waals surface area (Å²) < 4.78 is 5.65. The molecule has 18 heavy (non-hydrogen) atoms. The molecule has 0 saturated carbocycles. The van der Waals surface area contributed by atoms with Gasteiger partial charge in [0, 0.05) is 17.5 Å². The van der Waals surface area contributed by atoms with Crippen LogP contribution in [0, 0.1) is 6.92 Å². The standard InChI is InChI=1S/C14H21NO2S/c1-4-12-9-17-10(2)7-15(12)8-13(16)14-6-5-11(3)18-14/h5-6,10,12H,4,7-9H2,1-3H3. The van der Waals surface area contributed by atoms with Gasteiger partial charge in [0.15, 0.2) is 5.78 Å². The highest BCUT2D eigenvalue weighted by Crippen LogP contribution is 2.19. The van der Waals surface area contributed by atoms with Gasteiger partial charge in [0.1, 0.15) is 0 Å². The van der Waals surface area contributed by atoms with E-state index < -0.39 is 0 Å². The number of Topliss-reactive ketones (excluding diaryl/α,β-unsaturated/α-hetero) is 1. The van der Waals surface area contributed by atoms with Crippen LogP contribution in [0.1, 0.15) is 34.8 Å². The van der Waals surface area contributed by atoms with E-state index in [0.717, 1.165) is 24.4 Å². The van der Waals surface area contributed by atoms with Gasteiger partial charge >= 0.3 is 0 Å². The molecule has 2 rings (SSSR count). The van der Waals surface area contributed by atoms with Gasteiger partial charge in [-0.25, -0.2) is 0 Å². The Labute approximate surface area is 113 Å². The van der Waals surface area contributed by atoms with Gasteiger partial charge in [0.05, 0.1) is 24.1 Å². The summed E-state index contributed by atoms with van der Waals surface area (Å²) in [4.78, 5) is 16.6. The summed E-state index contributed by atoms with van der Waals surface area (Å²) in [6.45, 7) is 8.37. The van der Waals surface area contributed by atoms with Gasteiger partial charge in [-0.3, -0.25) is 9.69 Å². The van der Waals surface area contributed by atoms with Crippen LogP contribution in [0.3, 0.4) is 0 Å². The molecule has 2 unspecified atom stereocenters. The maximum atomic E-state index is 12.2. The van der Waals surface area contributed by atoms with Crippen molar-refractivity contribution in [3.05, 3.63) is 21.9 Å². The Bertz CT molecular complexity index is 416. The number of carbonyl (C=O) groups excluding carboxylic acids is 1. The van der Waals surface area contributed by atoms with Crippen LogP contribution in [0.4, 0.5) is 0 Å². The van der Waals surface area contributed by atoms with Crippen LogP contribution in [0.25, 0.3) is 0 Å². The zero-order chi connectivity index (χ0) is 13.1. The third-order valence-electron chi connectivity index (χ3n) is 3.41. The van der Waals surface area contributed by atoms with Gasteiger partial charge in [-0.05, 0) is 32.4 Å². The summed E-state index contributed by atoms with van der Waals surface area (Å²) in [6, 6.07) is 4.33. The molecule has 0 bridgehead atoms. The molecule has 1 saturated heterocycles. The number of ketones is 1. The quantitative estimate of drug-likeness (QED) is 0.786. The minimum atomic E-state index is 0.227. The molecule has 4 heteroatoms. The maximum absolute atomic E-state index is 12.2. The van der Waals surface area contributed by atoms with E-state index in [0.29, 0.717) is 12.6 Å². The smallest absolute Gasteiger partial charge is 0.186 e. The minimum Gasteiger partial charge on any atom is -0.376 e. The van der Waals surface area contributed by atoms with Crippen LogP contribution >= 0.6 is 11.3 Å². The first-order valence-corrected chi connectivity index (χ1v) is 7.37. The molecule has 1 fully saturated rings. The Hall–Kier alpha value is -0.710. The maximum Gasteiger partial charge on any atom is 0.186 e. The van der Waals surface area contributed by atoms with E-state index in [-0.39, 0.29) is 11.9 Å². The van der Waals surface area contributed by atoms with Crippen LogP contribution < -0.4 is 0 Å². The van der Waals surface area contributed by atoms with E-state index >= 15 is 0 Å². The lowest BCUT2D eigenvalue weighted by Crippen LogP contribution is -2.50. The number of carbonyl (C=O) groups is 1. The summed E-state index contributed by atoms with van der Waals surface area (Å²) in [5.74, 6) is 0.237. The van der Waals surface area contributed by atoms with Crippen molar-refractivity contribution in [1.82, 2.24) is 4.90 Å². The van der Waals surface area contributed by atoms with Crippen molar-refractivity contribution in [3.63, 3.8) is 0 Å². The van der Waals surface area contributed by atoms with Crippen molar-refractivity contribution < 1.29 is 9.53 Å². The fraction of sp³-hybridized carbons (Fsp3) is 0.643. The lowest BCUT2D eigenvalue weighted by Gasteiger charge is -2.37. The molecule has 1 aromatic heterocycles. The van der Waals surface area contributed by atoms with Crippen molar-refractivity contribution in [2.75, 3.05) is 19.7 Å². The second kappa shape index (κ2) is 5.95. The molecule has 0 amide bonds. The lowest BCUT2D eigenvalue weighted by atomic mass is 10.1. The van der Waals surface area contributed by atoms with E-state index in [1.54, 1.807) is 11.3 Å². The van der Waals surface area contributed by atoms with Crippen molar-refractivity contribution >= 4 is 17.1 Å². The van der Waals surface area contributed by atoms with Gasteiger partial charge in [-0.15, -0.1) is 11.3 Å². The molecule has 0 aromatic carbocycles. The molecule has 3 nitrogen and oxygen atoms in total. The number of ether oxygens (including phenoxy) is 1. The first-order valence-electron chi connectivity index (χ1n) is 6.55. The topological polar surface area (TPSA) is 29.5 Å². The fourth-order valence-electron chi connectivity index (χ4n) is 2.33. The normalized spacial score (nSPS) is 25.3. The monoisotopic (exact) mass is 267 g/mol. The van der Waals surface area contributed by atoms with Crippen molar-refractivity contribution in [1.29, 1.82) is 0 Å². The van der Waals surface area contributed by atoms with E-state index in [1.807, 2.05) is 19.1 Å². The van der Waals surface area contributed by atoms with Crippen molar-refractivity contribution in [2.45, 2.75) is 39.3 Å². The van der Waals surface area contributed by atoms with Crippen LogP contribution in [0.2, 0.25) is 0 Å². The molecular formula is C14H21NO2S. The van der Waals surface area contributed by atoms with E-state index in [1.165, 1.54) is 4.88 Å². The third kappa shape index (κ3) is 3.19. The zero-order valence-corrected chi connectivity index (χ0v) is 12.1. The minimum absolute atomic E-state index is 0.227. The largest absolute Gasteiger partial charge is 0.376 e. The molecule has 1 aromatic rings. The van der Waals surface area contributed by atoms with E-state index in [2.05, 4.69) is 18.7 Å². The number of morpholine rings is 1. The Morgan fingerprint density at radius 1 is 1.56 bits per heavy atom. The molecule has 0 N–H and O–H groups in total. The summed E-state index contributed by atoms with van der Waals surface area (Å²) >= 11 is 1.59. The van der Waals surface area contributed by atoms with Crippen molar-refractivity contribution in [2.24, 2.45) is 0 Å². The first kappa shape index (κ1) is 13.7. The van der Waals surface area contributed by atoms with Gasteiger partial charge in [-0.2, -0.15) is 0 Å². The SMILES string of the molecule is CCC1COC(C)CN1CC(=O)c1ccc(C)s1. The number of nitrogens with zero attached hydrogens (tertiary/aromatic N) is 1. The van der Waals surface area contributed by atoms with Gasteiger partial charge in [0.25, 0.3) is 0 Å². The highest BCUT2D eigenvalue weighted by Gasteiger charge is 2.27. The van der Waals surface area contributed by atoms with Crippen LogP contribution in [-0.4, -0.2) is 42.5 Å². The van der Waals surface area contributed by atoms with Crippen LogP contribution in [0.5, 0.6) is 0 Å². The second-order valence-electron chi connectivity index (χ2n) is 4.97. The Morgan fingerprint density at radius 2 is 2.33 bits per heavy atom. The van der Waals surface area contributed by atoms with E-state index in [9.17, 15) is 4.79 Å². The zero-order valence-electron chi connectivity index (χ0n) is 11.3. The molecule has 0 radical (unpaired) electrons. The molecule has 0 aliphatic carbocycles. The number of thiophene rings is 1. The highest BCUT2D eigenvalue weighted by atomic mass is 32.1. The highest BCUT2D eigenvalue weighted by molar-refractivity contribution is 7.14. The molecule has 2 atom stereocenters. The summed E-state index contributed by atoms with van der Waals surface area (Å²) in [5.41, 5.74) is 0. The summed E-state index contributed by atoms with van der Waals surface area (Å²) in [5, 5.41) is 0. The van der Waals surface area contributed by atoms with Gasteiger partial charge in [0.2, 0.25) is 0 Å². The number of rotatable bonds is 4. The second-order valence-corrected chi connectivity index (χ2v) is 6.26. The predicted molar refractivity (Wildman–Crippen MR) is 74.5 cm³/mol. The number of hydrogen-bond acceptors (Lipinski definition) is 4. The molecular weight excluding hydrogens is 246 g/mol. The molecule has 1 aliphatic heterocycles. The summed E-state index contributed by atoms with van der Waals surface area (Å²) in [7, 11) is 0. The number of aryl methyl sites for hydroxylation is 1. The molecule has 1 aliphatic rings. The van der Waals surface area contributed by atoms with Crippen LogP contribution in [-0.2, 0) is 4.74 Å². The fourth-order valence-corrected chi connectivity index (χ4v) is 3.13. The average Bonchev–Trinajstić information content (AvgIpc) is 2.76. The van der Waals surface area contributed by atoms with Crippen LogP contribution in [0.15, 0.2) is 12.1 Å². The molecule has 100 valence electrons. The lowest BCUT2D eigenvalue weighted by molar-refractivity contribution is -0.0523. The van der Waals surface area contributed by atoms with Gasteiger partial charge < -0.3 is 4.74 Å². The average molecular weight is 267 g/mol. The number of hydrogen-bond donors (Lipinski definition) is 0. The third-order valence-corrected chi connectivity index (χ3v) is 4.46. The Morgan fingerprint density at radius 3 is 2.94 bits per heavy atom. The molecule has 0 spiro atoms. The van der Waals surface area contributed by atoms with E-state index in [4.69, 9.17) is 4.74 Å². The van der Waals surface area contributed by atoms with Crippen molar-refractivity contribution in [3.8, 4) is 0 Å². The van der Waals surface area contributed by atoms with Gasteiger partial charge in [-0.1, -0.05) is 6.92 Å². The Kier molecular flexibility index (Phi) is 4.54. The predicted octanol–water partition coefficient (Wildman–Crippen LogP) is 2.74. The Balaban J connectivity index is 2.00. The summed E-state index contributed by atoms with van der Waals surface area (Å²) in [6.07, 6.45) is 1.26.